The molecule has 31 heavy (non-hydrogen) atoms. The lowest BCUT2D eigenvalue weighted by Crippen LogP contribution is -2.32. The Labute approximate surface area is 180 Å². The zero-order chi connectivity index (χ0) is 21.4. The number of ether oxygens (including phenoxy) is 1. The first-order chi connectivity index (χ1) is 15.1. The second-order valence-corrected chi connectivity index (χ2v) is 8.21. The highest BCUT2D eigenvalue weighted by Crippen LogP contribution is 2.35. The summed E-state index contributed by atoms with van der Waals surface area (Å²) in [6.07, 6.45) is 0.564. The molecule has 0 aliphatic carbocycles. The van der Waals surface area contributed by atoms with Crippen LogP contribution in [0.5, 0.6) is 11.8 Å². The van der Waals surface area contributed by atoms with Crippen molar-refractivity contribution in [3.05, 3.63) is 47.7 Å². The smallest absolute Gasteiger partial charge is 0.318 e. The van der Waals surface area contributed by atoms with Crippen LogP contribution in [0.2, 0.25) is 0 Å². The van der Waals surface area contributed by atoms with E-state index in [4.69, 9.17) is 10.5 Å². The third kappa shape index (κ3) is 4.07. The zero-order valence-corrected chi connectivity index (χ0v) is 17.3. The number of rotatable bonds is 5. The molecule has 3 N–H and O–H groups in total. The van der Waals surface area contributed by atoms with Crippen molar-refractivity contribution in [3.8, 4) is 11.8 Å². The molecule has 2 aliphatic heterocycles. The molecule has 1 aromatic heterocycles. The standard InChI is InChI=1S/C23H26FN5O2/c24-16-5-7-28(13-16)9-10-31-23-26-20-14-29(8-6-19(20)22(25)27-23)21-12-17(30)11-15-3-1-2-4-18(15)21/h1-4,11-12,16,30H,5-10,13-14H2,(H2,25,26,27). The molecule has 5 rings (SSSR count). The van der Waals surface area contributed by atoms with Gasteiger partial charge in [0.2, 0.25) is 0 Å². The molecule has 3 aromatic rings. The van der Waals surface area contributed by atoms with Gasteiger partial charge in [0, 0.05) is 48.9 Å². The SMILES string of the molecule is Nc1nc(OCCN2CCC(F)C2)nc2c1CCN(c1cc(O)cc3ccccc13)C2. The van der Waals surface area contributed by atoms with E-state index < -0.39 is 6.17 Å². The van der Waals surface area contributed by atoms with Crippen molar-refractivity contribution >= 4 is 22.3 Å². The summed E-state index contributed by atoms with van der Waals surface area (Å²) in [6, 6.07) is 11.8. The van der Waals surface area contributed by atoms with Crippen LogP contribution in [0.25, 0.3) is 10.8 Å². The molecule has 0 amide bonds. The molecule has 1 atom stereocenters. The second-order valence-electron chi connectivity index (χ2n) is 8.21. The lowest BCUT2D eigenvalue weighted by molar-refractivity contribution is 0.214. The Bertz CT molecular complexity index is 1110. The largest absolute Gasteiger partial charge is 0.508 e. The number of nitrogen functional groups attached to an aromatic ring is 1. The number of hydrogen-bond donors (Lipinski definition) is 2. The van der Waals surface area contributed by atoms with Crippen molar-refractivity contribution in [1.82, 2.24) is 14.9 Å². The number of aromatic hydroxyl groups is 1. The van der Waals surface area contributed by atoms with Gasteiger partial charge in [-0.2, -0.15) is 9.97 Å². The van der Waals surface area contributed by atoms with Crippen molar-refractivity contribution in [2.75, 3.05) is 43.4 Å². The maximum absolute atomic E-state index is 13.3. The number of nitrogens with two attached hydrogens (primary N) is 1. The van der Waals surface area contributed by atoms with Crippen LogP contribution in [0.4, 0.5) is 15.9 Å². The summed E-state index contributed by atoms with van der Waals surface area (Å²) in [6.45, 7) is 3.57. The number of phenols is 1. The first kappa shape index (κ1) is 19.8. The van der Waals surface area contributed by atoms with Gasteiger partial charge >= 0.3 is 6.01 Å². The van der Waals surface area contributed by atoms with Crippen molar-refractivity contribution in [2.45, 2.75) is 25.6 Å². The number of phenolic OH excluding ortho intramolecular Hbond substituents is 1. The lowest BCUT2D eigenvalue weighted by Gasteiger charge is -2.31. The van der Waals surface area contributed by atoms with E-state index in [0.29, 0.717) is 38.5 Å². The summed E-state index contributed by atoms with van der Waals surface area (Å²) >= 11 is 0. The highest BCUT2D eigenvalue weighted by Gasteiger charge is 2.24. The predicted molar refractivity (Wildman–Crippen MR) is 118 cm³/mol. The van der Waals surface area contributed by atoms with Gasteiger partial charge in [0.05, 0.1) is 12.2 Å². The average molecular weight is 423 g/mol. The molecular weight excluding hydrogens is 397 g/mol. The van der Waals surface area contributed by atoms with Crippen LogP contribution in [0, 0.1) is 0 Å². The van der Waals surface area contributed by atoms with E-state index in [1.165, 1.54) is 0 Å². The van der Waals surface area contributed by atoms with Crippen LogP contribution in [0.3, 0.4) is 0 Å². The number of nitrogens with zero attached hydrogens (tertiary/aromatic N) is 4. The van der Waals surface area contributed by atoms with Gasteiger partial charge in [0.15, 0.2) is 0 Å². The molecule has 0 spiro atoms. The van der Waals surface area contributed by atoms with Crippen LogP contribution in [0.15, 0.2) is 36.4 Å². The van der Waals surface area contributed by atoms with E-state index in [-0.39, 0.29) is 11.8 Å². The van der Waals surface area contributed by atoms with E-state index in [1.54, 1.807) is 12.1 Å². The van der Waals surface area contributed by atoms with Crippen LogP contribution in [-0.2, 0) is 13.0 Å². The minimum absolute atomic E-state index is 0.239. The second kappa shape index (κ2) is 8.19. The molecule has 0 bridgehead atoms. The Kier molecular flexibility index (Phi) is 5.23. The molecule has 1 saturated heterocycles. The first-order valence-corrected chi connectivity index (χ1v) is 10.7. The predicted octanol–water partition coefficient (Wildman–Crippen LogP) is 2.90. The summed E-state index contributed by atoms with van der Waals surface area (Å²) in [5, 5.41) is 12.3. The molecule has 3 heterocycles. The Morgan fingerprint density at radius 3 is 2.90 bits per heavy atom. The topological polar surface area (TPSA) is 87.7 Å². The van der Waals surface area contributed by atoms with Crippen LogP contribution < -0.4 is 15.4 Å². The number of benzene rings is 2. The van der Waals surface area contributed by atoms with Crippen molar-refractivity contribution in [2.24, 2.45) is 0 Å². The molecule has 162 valence electrons. The summed E-state index contributed by atoms with van der Waals surface area (Å²) in [5.41, 5.74) is 8.96. The number of anilines is 2. The molecule has 2 aromatic carbocycles. The summed E-state index contributed by atoms with van der Waals surface area (Å²) in [5.74, 6) is 0.688. The molecule has 1 unspecified atom stereocenters. The first-order valence-electron chi connectivity index (χ1n) is 10.7. The number of likely N-dealkylation sites (tertiary alicyclic amines) is 1. The van der Waals surface area contributed by atoms with Gasteiger partial charge in [-0.3, -0.25) is 4.90 Å². The number of hydrogen-bond acceptors (Lipinski definition) is 7. The van der Waals surface area contributed by atoms with E-state index in [0.717, 1.165) is 47.2 Å². The minimum atomic E-state index is -0.741. The molecule has 0 radical (unpaired) electrons. The molecular formula is C23H26FN5O2. The Morgan fingerprint density at radius 2 is 2.06 bits per heavy atom. The molecule has 7 nitrogen and oxygen atoms in total. The fraction of sp³-hybridized carbons (Fsp3) is 0.391. The number of alkyl halides is 1. The van der Waals surface area contributed by atoms with Gasteiger partial charge in [0.1, 0.15) is 24.3 Å². The minimum Gasteiger partial charge on any atom is -0.508 e. The summed E-state index contributed by atoms with van der Waals surface area (Å²) < 4.78 is 19.1. The van der Waals surface area contributed by atoms with Gasteiger partial charge in [-0.05, 0) is 24.3 Å². The highest BCUT2D eigenvalue weighted by atomic mass is 19.1. The van der Waals surface area contributed by atoms with Crippen LogP contribution in [0.1, 0.15) is 17.7 Å². The Morgan fingerprint density at radius 1 is 1.19 bits per heavy atom. The molecule has 8 heteroatoms. The molecule has 0 saturated carbocycles. The number of fused-ring (bicyclic) bond motifs is 2. The fourth-order valence-electron chi connectivity index (χ4n) is 4.50. The van der Waals surface area contributed by atoms with Gasteiger partial charge in [-0.15, -0.1) is 0 Å². The van der Waals surface area contributed by atoms with Gasteiger partial charge in [-0.25, -0.2) is 4.39 Å². The molecule has 2 aliphatic rings. The van der Waals surface area contributed by atoms with E-state index in [1.807, 2.05) is 23.1 Å². The normalized spacial score (nSPS) is 19.0. The van der Waals surface area contributed by atoms with Crippen molar-refractivity contribution in [1.29, 1.82) is 0 Å². The maximum atomic E-state index is 13.3. The van der Waals surface area contributed by atoms with Gasteiger partial charge in [-0.1, -0.05) is 24.3 Å². The summed E-state index contributed by atoms with van der Waals surface area (Å²) in [7, 11) is 0. The van der Waals surface area contributed by atoms with Crippen molar-refractivity contribution < 1.29 is 14.2 Å². The third-order valence-electron chi connectivity index (χ3n) is 6.10. The summed E-state index contributed by atoms with van der Waals surface area (Å²) in [4.78, 5) is 13.2. The highest BCUT2D eigenvalue weighted by molar-refractivity contribution is 5.95. The lowest BCUT2D eigenvalue weighted by atomic mass is 10.0. The van der Waals surface area contributed by atoms with E-state index in [2.05, 4.69) is 20.9 Å². The van der Waals surface area contributed by atoms with Crippen molar-refractivity contribution in [3.63, 3.8) is 0 Å². The monoisotopic (exact) mass is 423 g/mol. The zero-order valence-electron chi connectivity index (χ0n) is 17.3. The van der Waals surface area contributed by atoms with E-state index >= 15 is 0 Å². The number of aromatic nitrogens is 2. The fourth-order valence-corrected chi connectivity index (χ4v) is 4.50. The number of halogens is 1. The van der Waals surface area contributed by atoms with Gasteiger partial charge in [0.25, 0.3) is 0 Å². The Balaban J connectivity index is 1.35. The molecule has 1 fully saturated rings. The quantitative estimate of drug-likeness (QED) is 0.652. The average Bonchev–Trinajstić information content (AvgIpc) is 3.17. The van der Waals surface area contributed by atoms with E-state index in [9.17, 15) is 9.50 Å². The van der Waals surface area contributed by atoms with Crippen LogP contribution in [-0.4, -0.2) is 58.9 Å². The third-order valence-corrected chi connectivity index (χ3v) is 6.10. The maximum Gasteiger partial charge on any atom is 0.318 e. The van der Waals surface area contributed by atoms with Gasteiger partial charge < -0.3 is 20.5 Å². The van der Waals surface area contributed by atoms with Crippen LogP contribution >= 0.6 is 0 Å². The Hall–Kier alpha value is -3.13.